The Labute approximate surface area is 199 Å². The van der Waals surface area contributed by atoms with Crippen LogP contribution in [0.1, 0.15) is 16.7 Å². The van der Waals surface area contributed by atoms with E-state index in [1.807, 2.05) is 41.1 Å². The number of hydrogen-bond donors (Lipinski definition) is 1. The lowest BCUT2D eigenvalue weighted by atomic mass is 10.1. The van der Waals surface area contributed by atoms with Crippen LogP contribution in [0.2, 0.25) is 0 Å². The summed E-state index contributed by atoms with van der Waals surface area (Å²) in [6.07, 6.45) is 3.47. The van der Waals surface area contributed by atoms with Gasteiger partial charge in [-0.2, -0.15) is 0 Å². The van der Waals surface area contributed by atoms with Gasteiger partial charge in [-0.1, -0.05) is 42.5 Å². The predicted molar refractivity (Wildman–Crippen MR) is 128 cm³/mol. The molecule has 8 nitrogen and oxygen atoms in total. The largest absolute Gasteiger partial charge is 0.342 e. The first-order valence-corrected chi connectivity index (χ1v) is 10.8. The molecule has 1 aliphatic rings. The third kappa shape index (κ3) is 4.39. The number of nitrogens with one attached hydrogen (secondary N) is 1. The zero-order valence-electron chi connectivity index (χ0n) is 18.3. The Bertz CT molecular complexity index is 1510. The fourth-order valence-electron chi connectivity index (χ4n) is 4.13. The van der Waals surface area contributed by atoms with Crippen molar-refractivity contribution in [3.8, 4) is 0 Å². The Hall–Kier alpha value is -4.79. The number of benzene rings is 3. The van der Waals surface area contributed by atoms with Gasteiger partial charge >= 0.3 is 6.03 Å². The second-order valence-corrected chi connectivity index (χ2v) is 8.16. The van der Waals surface area contributed by atoms with Crippen LogP contribution in [0.25, 0.3) is 17.0 Å². The number of nitro groups is 1. The van der Waals surface area contributed by atoms with Crippen LogP contribution in [0.15, 0.2) is 84.7 Å². The van der Waals surface area contributed by atoms with Gasteiger partial charge in [0.25, 0.3) is 11.6 Å². The molecule has 0 atom stereocenters. The zero-order chi connectivity index (χ0) is 24.5. The number of fused-ring (bicyclic) bond motifs is 1. The summed E-state index contributed by atoms with van der Waals surface area (Å²) in [5.74, 6) is -0.872. The number of para-hydroxylation sites is 1. The molecule has 3 aromatic carbocycles. The highest BCUT2D eigenvalue weighted by Gasteiger charge is 2.33. The molecule has 2 heterocycles. The van der Waals surface area contributed by atoms with Crippen LogP contribution in [-0.2, 0) is 17.9 Å². The van der Waals surface area contributed by atoms with Crippen LogP contribution in [0.3, 0.4) is 0 Å². The molecule has 0 bridgehead atoms. The molecular formula is C26H19FN4O4. The van der Waals surface area contributed by atoms with E-state index in [1.54, 1.807) is 12.1 Å². The smallest absolute Gasteiger partial charge is 0.329 e. The number of amides is 3. The molecular weight excluding hydrogens is 451 g/mol. The molecule has 3 amide bonds. The van der Waals surface area contributed by atoms with Crippen LogP contribution >= 0.6 is 0 Å². The van der Waals surface area contributed by atoms with Gasteiger partial charge in [0, 0.05) is 41.3 Å². The summed E-state index contributed by atoms with van der Waals surface area (Å²) in [4.78, 5) is 37.2. The van der Waals surface area contributed by atoms with Crippen molar-refractivity contribution in [3.05, 3.63) is 117 Å². The van der Waals surface area contributed by atoms with Gasteiger partial charge in [-0.15, -0.1) is 0 Å². The zero-order valence-corrected chi connectivity index (χ0v) is 18.3. The minimum absolute atomic E-state index is 0.0156. The number of non-ortho nitro benzene ring substituents is 1. The molecule has 4 aromatic rings. The molecule has 1 saturated heterocycles. The molecule has 0 saturated carbocycles. The van der Waals surface area contributed by atoms with Gasteiger partial charge in [-0.25, -0.2) is 9.18 Å². The minimum atomic E-state index is -0.550. The minimum Gasteiger partial charge on any atom is -0.342 e. The Kier molecular flexibility index (Phi) is 5.58. The average Bonchev–Trinajstić information content (AvgIpc) is 3.32. The fourth-order valence-corrected chi connectivity index (χ4v) is 4.13. The maximum atomic E-state index is 13.2. The van der Waals surface area contributed by atoms with E-state index >= 15 is 0 Å². The fraction of sp³-hybridized carbons (Fsp3) is 0.0769. The summed E-state index contributed by atoms with van der Waals surface area (Å²) < 4.78 is 15.1. The second kappa shape index (κ2) is 8.86. The summed E-state index contributed by atoms with van der Waals surface area (Å²) in [7, 11) is 0. The van der Waals surface area contributed by atoms with Gasteiger partial charge in [0.2, 0.25) is 0 Å². The Morgan fingerprint density at radius 1 is 0.943 bits per heavy atom. The Balaban J connectivity index is 1.45. The predicted octanol–water partition coefficient (Wildman–Crippen LogP) is 4.83. The van der Waals surface area contributed by atoms with E-state index < -0.39 is 22.7 Å². The average molecular weight is 470 g/mol. The molecule has 0 aliphatic carbocycles. The van der Waals surface area contributed by atoms with Crippen LogP contribution in [0.4, 0.5) is 14.9 Å². The van der Waals surface area contributed by atoms with Gasteiger partial charge in [-0.05, 0) is 35.4 Å². The summed E-state index contributed by atoms with van der Waals surface area (Å²) in [6, 6.07) is 19.1. The van der Waals surface area contributed by atoms with Crippen molar-refractivity contribution in [3.63, 3.8) is 0 Å². The summed E-state index contributed by atoms with van der Waals surface area (Å²) in [5, 5.41) is 14.6. The second-order valence-electron chi connectivity index (χ2n) is 8.16. The third-order valence-corrected chi connectivity index (χ3v) is 5.81. The van der Waals surface area contributed by atoms with Crippen molar-refractivity contribution < 1.29 is 18.9 Å². The number of imide groups is 1. The van der Waals surface area contributed by atoms with E-state index in [1.165, 1.54) is 36.4 Å². The molecule has 1 N–H and O–H groups in total. The topological polar surface area (TPSA) is 97.5 Å². The van der Waals surface area contributed by atoms with E-state index in [0.717, 1.165) is 26.9 Å². The van der Waals surface area contributed by atoms with E-state index in [9.17, 15) is 24.1 Å². The highest BCUT2D eigenvalue weighted by Crippen LogP contribution is 2.26. The van der Waals surface area contributed by atoms with Crippen LogP contribution < -0.4 is 5.32 Å². The number of urea groups is 1. The number of carbonyl (C=O) groups excluding carboxylic acids is 2. The van der Waals surface area contributed by atoms with Crippen LogP contribution in [0, 0.1) is 15.9 Å². The van der Waals surface area contributed by atoms with Gasteiger partial charge < -0.3 is 9.88 Å². The van der Waals surface area contributed by atoms with Crippen LogP contribution in [-0.4, -0.2) is 26.3 Å². The standard InChI is InChI=1S/C26H19FN4O4/c27-20-10-8-17(9-11-20)15-30-25(32)23(28-26(30)33)13-19-16-29(24-7-2-1-6-22(19)24)14-18-4-3-5-21(12-18)31(34)35/h1-13,16H,14-15H2,(H,28,33)/b23-13+. The van der Waals surface area contributed by atoms with Gasteiger partial charge in [0.1, 0.15) is 11.5 Å². The maximum Gasteiger partial charge on any atom is 0.329 e. The van der Waals surface area contributed by atoms with E-state index in [4.69, 9.17) is 0 Å². The van der Waals surface area contributed by atoms with E-state index in [-0.39, 0.29) is 17.9 Å². The third-order valence-electron chi connectivity index (χ3n) is 5.81. The Morgan fingerprint density at radius 3 is 2.49 bits per heavy atom. The molecule has 1 aromatic heterocycles. The van der Waals surface area contributed by atoms with Crippen molar-refractivity contribution in [2.75, 3.05) is 0 Å². The number of halogens is 1. The molecule has 35 heavy (non-hydrogen) atoms. The highest BCUT2D eigenvalue weighted by atomic mass is 19.1. The number of nitrogens with zero attached hydrogens (tertiary/aromatic N) is 3. The monoisotopic (exact) mass is 470 g/mol. The first-order chi connectivity index (χ1) is 16.9. The first kappa shape index (κ1) is 22.0. The molecule has 174 valence electrons. The Morgan fingerprint density at radius 2 is 1.71 bits per heavy atom. The molecule has 1 aliphatic heterocycles. The number of carbonyl (C=O) groups is 2. The summed E-state index contributed by atoms with van der Waals surface area (Å²) in [5.41, 5.74) is 3.14. The lowest BCUT2D eigenvalue weighted by Crippen LogP contribution is -2.30. The normalized spacial score (nSPS) is 14.7. The van der Waals surface area contributed by atoms with E-state index in [2.05, 4.69) is 5.32 Å². The van der Waals surface area contributed by atoms with Crippen molar-refractivity contribution in [2.24, 2.45) is 0 Å². The molecule has 9 heteroatoms. The van der Waals surface area contributed by atoms with Crippen molar-refractivity contribution >= 4 is 34.6 Å². The number of hydrogen-bond acceptors (Lipinski definition) is 4. The summed E-state index contributed by atoms with van der Waals surface area (Å²) >= 11 is 0. The first-order valence-electron chi connectivity index (χ1n) is 10.8. The number of rotatable bonds is 6. The quantitative estimate of drug-likeness (QED) is 0.189. The number of nitro benzene ring substituents is 1. The van der Waals surface area contributed by atoms with Gasteiger partial charge in [0.05, 0.1) is 11.5 Å². The molecule has 1 fully saturated rings. The SMILES string of the molecule is O=C1N/C(=C/c2cn(Cc3cccc([N+](=O)[O-])c3)c3ccccc23)C(=O)N1Cc1ccc(F)cc1. The molecule has 0 radical (unpaired) electrons. The molecule has 0 spiro atoms. The van der Waals surface area contributed by atoms with Crippen molar-refractivity contribution in [2.45, 2.75) is 13.1 Å². The number of aromatic nitrogens is 1. The van der Waals surface area contributed by atoms with Crippen LogP contribution in [0.5, 0.6) is 0 Å². The van der Waals surface area contributed by atoms with Crippen molar-refractivity contribution in [1.82, 2.24) is 14.8 Å². The maximum absolute atomic E-state index is 13.2. The molecule has 0 unspecified atom stereocenters. The molecule has 5 rings (SSSR count). The lowest BCUT2D eigenvalue weighted by Gasteiger charge is -2.11. The van der Waals surface area contributed by atoms with Crippen molar-refractivity contribution in [1.29, 1.82) is 0 Å². The lowest BCUT2D eigenvalue weighted by molar-refractivity contribution is -0.384. The van der Waals surface area contributed by atoms with Gasteiger partial charge in [-0.3, -0.25) is 19.8 Å². The van der Waals surface area contributed by atoms with Gasteiger partial charge in [0.15, 0.2) is 0 Å². The summed E-state index contributed by atoms with van der Waals surface area (Å²) in [6.45, 7) is 0.416. The van der Waals surface area contributed by atoms with E-state index in [0.29, 0.717) is 12.1 Å². The highest BCUT2D eigenvalue weighted by molar-refractivity contribution is 6.14.